The maximum Gasteiger partial charge on any atom is 0.307 e. The molecule has 1 aliphatic rings. The highest BCUT2D eigenvalue weighted by Gasteiger charge is 2.29. The van der Waals surface area contributed by atoms with Crippen molar-refractivity contribution in [2.24, 2.45) is 11.0 Å². The lowest BCUT2D eigenvalue weighted by Gasteiger charge is -2.29. The van der Waals surface area contributed by atoms with E-state index < -0.39 is 0 Å². The molecule has 0 N–H and O–H groups in total. The number of esters is 1. The summed E-state index contributed by atoms with van der Waals surface area (Å²) in [6, 6.07) is 5.80. The molecule has 0 atom stereocenters. The van der Waals surface area contributed by atoms with E-state index in [1.807, 2.05) is 45.9 Å². The van der Waals surface area contributed by atoms with Gasteiger partial charge in [0.2, 0.25) is 5.91 Å². The smallest absolute Gasteiger partial charge is 0.307 e. The minimum atomic E-state index is -0.362. The van der Waals surface area contributed by atoms with E-state index in [2.05, 4.69) is 9.84 Å². The highest BCUT2D eigenvalue weighted by molar-refractivity contribution is 6.40. The van der Waals surface area contributed by atoms with Gasteiger partial charge in [0, 0.05) is 25.9 Å². The van der Waals surface area contributed by atoms with Gasteiger partial charge in [-0.05, 0) is 37.0 Å². The van der Waals surface area contributed by atoms with E-state index >= 15 is 0 Å². The summed E-state index contributed by atoms with van der Waals surface area (Å²) in [6.07, 6.45) is 0.651. The van der Waals surface area contributed by atoms with E-state index in [4.69, 9.17) is 0 Å². The van der Waals surface area contributed by atoms with Crippen molar-refractivity contribution in [2.75, 3.05) is 25.2 Å². The fourth-order valence-electron chi connectivity index (χ4n) is 3.07. The van der Waals surface area contributed by atoms with Gasteiger partial charge in [-0.15, -0.1) is 0 Å². The number of ether oxygens (including phenoxy) is 1. The third-order valence-corrected chi connectivity index (χ3v) is 4.56. The van der Waals surface area contributed by atoms with Gasteiger partial charge in [-0.25, -0.2) is 5.01 Å². The van der Waals surface area contributed by atoms with E-state index in [-0.39, 0.29) is 43.1 Å². The second kappa shape index (κ2) is 9.48. The first-order chi connectivity index (χ1) is 13.2. The molecular weight excluding hydrogens is 358 g/mol. The Kier molecular flexibility index (Phi) is 7.31. The standard InChI is InChI=1S/C21H29N3O4/c1-14(2)13-23(11-10-20(26)28-5)21(27)17-8-9-19(25)24(22-17)18-12-15(3)6-7-16(18)4/h6-7,12,14H,8-11,13H2,1-5H3. The molecule has 1 aliphatic heterocycles. The van der Waals surface area contributed by atoms with Crippen molar-refractivity contribution in [2.45, 2.75) is 47.0 Å². The number of hydrogen-bond acceptors (Lipinski definition) is 5. The lowest BCUT2D eigenvalue weighted by atomic mass is 10.1. The largest absolute Gasteiger partial charge is 0.469 e. The SMILES string of the molecule is COC(=O)CCN(CC(C)C)C(=O)C1=NN(c2cc(C)ccc2C)C(=O)CC1. The maximum atomic E-state index is 13.1. The summed E-state index contributed by atoms with van der Waals surface area (Å²) in [7, 11) is 1.33. The molecule has 0 aliphatic carbocycles. The fraction of sp³-hybridized carbons (Fsp3) is 0.524. The second-order valence-corrected chi connectivity index (χ2v) is 7.51. The Morgan fingerprint density at radius 3 is 2.61 bits per heavy atom. The van der Waals surface area contributed by atoms with Crippen LogP contribution < -0.4 is 5.01 Å². The van der Waals surface area contributed by atoms with Crippen molar-refractivity contribution in [3.05, 3.63) is 29.3 Å². The minimum absolute atomic E-state index is 0.127. The lowest BCUT2D eigenvalue weighted by Crippen LogP contribution is -2.44. The molecule has 7 heteroatoms. The van der Waals surface area contributed by atoms with Crippen LogP contribution in [0.5, 0.6) is 0 Å². The molecule has 0 aromatic heterocycles. The van der Waals surface area contributed by atoms with Crippen LogP contribution in [-0.2, 0) is 19.1 Å². The summed E-state index contributed by atoms with van der Waals surface area (Å²) in [5.41, 5.74) is 2.97. The number of benzene rings is 1. The zero-order valence-electron chi connectivity index (χ0n) is 17.3. The van der Waals surface area contributed by atoms with E-state index in [9.17, 15) is 14.4 Å². The average Bonchev–Trinajstić information content (AvgIpc) is 2.66. The normalized spacial score (nSPS) is 14.1. The van der Waals surface area contributed by atoms with E-state index in [0.717, 1.165) is 11.1 Å². The molecule has 28 heavy (non-hydrogen) atoms. The summed E-state index contributed by atoms with van der Waals surface area (Å²) in [6.45, 7) is 8.64. The quantitative estimate of drug-likeness (QED) is 0.674. The summed E-state index contributed by atoms with van der Waals surface area (Å²) >= 11 is 0. The van der Waals surface area contributed by atoms with Crippen molar-refractivity contribution in [1.82, 2.24) is 4.90 Å². The van der Waals surface area contributed by atoms with Crippen molar-refractivity contribution >= 4 is 29.2 Å². The van der Waals surface area contributed by atoms with Gasteiger partial charge in [0.15, 0.2) is 0 Å². The third kappa shape index (κ3) is 5.41. The van der Waals surface area contributed by atoms with Gasteiger partial charge < -0.3 is 9.64 Å². The molecule has 2 rings (SSSR count). The first kappa shape index (κ1) is 21.6. The highest BCUT2D eigenvalue weighted by Crippen LogP contribution is 2.25. The Hall–Kier alpha value is -2.70. The number of anilines is 1. The van der Waals surface area contributed by atoms with Crippen LogP contribution in [0.15, 0.2) is 23.3 Å². The first-order valence-electron chi connectivity index (χ1n) is 9.56. The summed E-state index contributed by atoms with van der Waals surface area (Å²) in [5, 5.41) is 5.74. The van der Waals surface area contributed by atoms with Crippen LogP contribution >= 0.6 is 0 Å². The minimum Gasteiger partial charge on any atom is -0.469 e. The summed E-state index contributed by atoms with van der Waals surface area (Å²) in [5.74, 6) is -0.488. The Labute approximate surface area is 166 Å². The predicted octanol–water partition coefficient (Wildman–Crippen LogP) is 2.83. The number of rotatable bonds is 7. The van der Waals surface area contributed by atoms with Crippen LogP contribution in [0.2, 0.25) is 0 Å². The number of amides is 2. The van der Waals surface area contributed by atoms with Gasteiger partial charge in [0.05, 0.1) is 19.2 Å². The molecule has 0 bridgehead atoms. The molecule has 0 spiro atoms. The van der Waals surface area contributed by atoms with Crippen LogP contribution in [0.25, 0.3) is 0 Å². The van der Waals surface area contributed by atoms with Crippen LogP contribution in [0.1, 0.15) is 44.2 Å². The Bertz CT molecular complexity index is 786. The van der Waals surface area contributed by atoms with Gasteiger partial charge in [0.25, 0.3) is 5.91 Å². The van der Waals surface area contributed by atoms with Crippen molar-refractivity contribution in [3.8, 4) is 0 Å². The van der Waals surface area contributed by atoms with Crippen LogP contribution in [0.4, 0.5) is 5.69 Å². The van der Waals surface area contributed by atoms with Crippen LogP contribution in [-0.4, -0.2) is 48.6 Å². The van der Waals surface area contributed by atoms with E-state index in [1.165, 1.54) is 12.1 Å². The van der Waals surface area contributed by atoms with E-state index in [1.54, 1.807) is 4.90 Å². The Balaban J connectivity index is 2.29. The maximum absolute atomic E-state index is 13.1. The van der Waals surface area contributed by atoms with Crippen molar-refractivity contribution in [1.29, 1.82) is 0 Å². The number of aryl methyl sites for hydroxylation is 2. The Morgan fingerprint density at radius 1 is 1.25 bits per heavy atom. The van der Waals surface area contributed by atoms with Gasteiger partial charge >= 0.3 is 5.97 Å². The summed E-state index contributed by atoms with van der Waals surface area (Å²) < 4.78 is 4.68. The molecule has 1 heterocycles. The van der Waals surface area contributed by atoms with Gasteiger partial charge in [-0.3, -0.25) is 14.4 Å². The fourth-order valence-corrected chi connectivity index (χ4v) is 3.07. The van der Waals surface area contributed by atoms with Crippen molar-refractivity contribution in [3.63, 3.8) is 0 Å². The Morgan fingerprint density at radius 2 is 1.96 bits per heavy atom. The molecule has 0 saturated carbocycles. The number of hydrazone groups is 1. The van der Waals surface area contributed by atoms with Gasteiger partial charge in [0.1, 0.15) is 5.71 Å². The molecule has 7 nitrogen and oxygen atoms in total. The molecule has 0 fully saturated rings. The van der Waals surface area contributed by atoms with Crippen LogP contribution in [0.3, 0.4) is 0 Å². The van der Waals surface area contributed by atoms with E-state index in [0.29, 0.717) is 24.4 Å². The third-order valence-electron chi connectivity index (χ3n) is 4.56. The van der Waals surface area contributed by atoms with Crippen molar-refractivity contribution < 1.29 is 19.1 Å². The molecule has 1 aromatic carbocycles. The first-order valence-corrected chi connectivity index (χ1v) is 9.56. The number of hydrogen-bond donors (Lipinski definition) is 0. The predicted molar refractivity (Wildman–Crippen MR) is 108 cm³/mol. The highest BCUT2D eigenvalue weighted by atomic mass is 16.5. The van der Waals surface area contributed by atoms with Gasteiger partial charge in [-0.1, -0.05) is 26.0 Å². The molecule has 0 saturated heterocycles. The summed E-state index contributed by atoms with van der Waals surface area (Å²) in [4.78, 5) is 38.7. The number of methoxy groups -OCH3 is 1. The molecule has 0 radical (unpaired) electrons. The van der Waals surface area contributed by atoms with Gasteiger partial charge in [-0.2, -0.15) is 5.10 Å². The zero-order chi connectivity index (χ0) is 20.8. The average molecular weight is 387 g/mol. The van der Waals surface area contributed by atoms with Crippen LogP contribution in [0, 0.1) is 19.8 Å². The molecule has 152 valence electrons. The second-order valence-electron chi connectivity index (χ2n) is 7.51. The number of nitrogens with zero attached hydrogens (tertiary/aromatic N) is 3. The lowest BCUT2D eigenvalue weighted by molar-refractivity contribution is -0.141. The molecular formula is C21H29N3O4. The molecule has 0 unspecified atom stereocenters. The molecule has 2 amide bonds. The zero-order valence-corrected chi connectivity index (χ0v) is 17.3. The number of carbonyl (C=O) groups is 3. The molecule has 1 aromatic rings. The topological polar surface area (TPSA) is 79.3 Å². The number of carbonyl (C=O) groups excluding carboxylic acids is 3. The monoisotopic (exact) mass is 387 g/mol.